The first-order valence-corrected chi connectivity index (χ1v) is 11.1. The van der Waals surface area contributed by atoms with E-state index in [2.05, 4.69) is 41.9 Å². The smallest absolute Gasteiger partial charge is 0.166 e. The van der Waals surface area contributed by atoms with Crippen LogP contribution >= 0.6 is 0 Å². The Morgan fingerprint density at radius 1 is 1.20 bits per heavy atom. The number of piperidine rings is 1. The van der Waals surface area contributed by atoms with Crippen molar-refractivity contribution in [2.45, 2.75) is 62.3 Å². The quantitative estimate of drug-likeness (QED) is 0.582. The Morgan fingerprint density at radius 3 is 2.87 bits per heavy atom. The largest absolute Gasteiger partial charge is 0.504 e. The Morgan fingerprint density at radius 2 is 2.03 bits per heavy atom. The minimum atomic E-state index is -0.940. The van der Waals surface area contributed by atoms with Gasteiger partial charge in [-0.2, -0.15) is 0 Å². The van der Waals surface area contributed by atoms with E-state index in [4.69, 9.17) is 4.74 Å². The molecule has 1 aromatic heterocycles. The first kappa shape index (κ1) is 17.2. The minimum Gasteiger partial charge on any atom is -0.504 e. The Kier molecular flexibility index (Phi) is 2.99. The van der Waals surface area contributed by atoms with E-state index in [1.54, 1.807) is 6.07 Å². The highest BCUT2D eigenvalue weighted by atomic mass is 16.5. The van der Waals surface area contributed by atoms with Crippen molar-refractivity contribution >= 4 is 10.9 Å². The number of nitrogens with zero attached hydrogens (tertiary/aromatic N) is 1. The van der Waals surface area contributed by atoms with Gasteiger partial charge in [-0.3, -0.25) is 4.90 Å². The molecule has 2 aliphatic heterocycles. The number of para-hydroxylation sites is 1. The molecule has 30 heavy (non-hydrogen) atoms. The number of phenolic OH excluding ortho intramolecular Hbond substituents is 1. The maximum Gasteiger partial charge on any atom is 0.166 e. The summed E-state index contributed by atoms with van der Waals surface area (Å²) in [4.78, 5) is 6.11. The molecule has 0 saturated carbocycles. The van der Waals surface area contributed by atoms with E-state index < -0.39 is 11.0 Å². The minimum absolute atomic E-state index is 0.0298. The fourth-order valence-corrected chi connectivity index (χ4v) is 7.29. The SMILES string of the molecule is CC(C)N1CC[C@]23c4c5ccc(O)c4O[C@@H]2c2[nH]c4ccccc4c2C[C@@]3(O)[C@H]1C5. The van der Waals surface area contributed by atoms with Crippen molar-refractivity contribution in [1.29, 1.82) is 0 Å². The van der Waals surface area contributed by atoms with Gasteiger partial charge in [-0.25, -0.2) is 0 Å². The lowest BCUT2D eigenvalue weighted by atomic mass is 9.49. The van der Waals surface area contributed by atoms with Crippen molar-refractivity contribution in [2.24, 2.45) is 0 Å². The van der Waals surface area contributed by atoms with Crippen molar-refractivity contribution in [1.82, 2.24) is 9.88 Å². The van der Waals surface area contributed by atoms with Gasteiger partial charge in [0.2, 0.25) is 0 Å². The average molecular weight is 402 g/mol. The average Bonchev–Trinajstić information content (AvgIpc) is 3.24. The molecule has 7 rings (SSSR count). The summed E-state index contributed by atoms with van der Waals surface area (Å²) in [5.41, 5.74) is 4.12. The zero-order valence-corrected chi connectivity index (χ0v) is 17.3. The molecule has 1 fully saturated rings. The van der Waals surface area contributed by atoms with Crippen LogP contribution in [0.1, 0.15) is 48.8 Å². The van der Waals surface area contributed by atoms with Gasteiger partial charge in [0.1, 0.15) is 0 Å². The fraction of sp³-hybridized carbons (Fsp3) is 0.440. The lowest BCUT2D eigenvalue weighted by molar-refractivity contribution is -0.178. The number of rotatable bonds is 1. The summed E-state index contributed by atoms with van der Waals surface area (Å²) in [6.45, 7) is 5.37. The van der Waals surface area contributed by atoms with Crippen LogP contribution in [0.3, 0.4) is 0 Å². The van der Waals surface area contributed by atoms with Crippen LogP contribution in [-0.2, 0) is 18.3 Å². The van der Waals surface area contributed by atoms with Crippen molar-refractivity contribution in [2.75, 3.05) is 6.54 Å². The number of benzene rings is 2. The van der Waals surface area contributed by atoms with E-state index in [9.17, 15) is 10.2 Å². The Balaban J connectivity index is 1.58. The zero-order valence-electron chi connectivity index (χ0n) is 17.3. The van der Waals surface area contributed by atoms with Gasteiger partial charge in [-0.1, -0.05) is 24.3 Å². The van der Waals surface area contributed by atoms with Crippen molar-refractivity contribution in [3.63, 3.8) is 0 Å². The highest BCUT2D eigenvalue weighted by molar-refractivity contribution is 5.86. The number of fused-ring (bicyclic) bond motifs is 4. The van der Waals surface area contributed by atoms with Gasteiger partial charge in [-0.15, -0.1) is 0 Å². The van der Waals surface area contributed by atoms with Crippen LogP contribution in [0.5, 0.6) is 11.5 Å². The monoisotopic (exact) mass is 402 g/mol. The van der Waals surface area contributed by atoms with Crippen molar-refractivity contribution < 1.29 is 14.9 Å². The highest BCUT2D eigenvalue weighted by Gasteiger charge is 2.72. The number of aromatic nitrogens is 1. The number of aromatic amines is 1. The van der Waals surface area contributed by atoms with Gasteiger partial charge in [0.15, 0.2) is 17.6 Å². The molecule has 5 nitrogen and oxygen atoms in total. The van der Waals surface area contributed by atoms with Gasteiger partial charge in [0.25, 0.3) is 0 Å². The lowest BCUT2D eigenvalue weighted by Crippen LogP contribution is -2.75. The number of hydrogen-bond donors (Lipinski definition) is 3. The Hall–Kier alpha value is -2.50. The van der Waals surface area contributed by atoms with E-state index in [0.717, 1.165) is 36.2 Å². The third kappa shape index (κ3) is 1.68. The Labute approximate surface area is 175 Å². The van der Waals surface area contributed by atoms with Crippen molar-refractivity contribution in [3.05, 3.63) is 58.8 Å². The lowest BCUT2D eigenvalue weighted by Gasteiger charge is -2.63. The topological polar surface area (TPSA) is 68.7 Å². The van der Waals surface area contributed by atoms with Gasteiger partial charge >= 0.3 is 0 Å². The van der Waals surface area contributed by atoms with Gasteiger partial charge < -0.3 is 19.9 Å². The second-order valence-electron chi connectivity index (χ2n) is 9.88. The summed E-state index contributed by atoms with van der Waals surface area (Å²) in [5.74, 6) is 0.765. The van der Waals surface area contributed by atoms with Crippen LogP contribution in [0.4, 0.5) is 0 Å². The van der Waals surface area contributed by atoms with Crippen LogP contribution in [0.15, 0.2) is 36.4 Å². The number of phenols is 1. The van der Waals surface area contributed by atoms with Crippen LogP contribution in [0, 0.1) is 0 Å². The predicted molar refractivity (Wildman–Crippen MR) is 114 cm³/mol. The molecule has 154 valence electrons. The molecule has 4 aliphatic rings. The number of likely N-dealkylation sites (tertiary alicyclic amines) is 1. The van der Waals surface area contributed by atoms with Crippen LogP contribution in [0.25, 0.3) is 10.9 Å². The first-order chi connectivity index (χ1) is 14.5. The molecule has 3 aromatic rings. The standard InChI is InChI=1S/C25H26N2O3/c1-13(2)27-10-9-24-20-14-7-8-18(28)22(20)30-23(24)21-16(12-25(24,29)19(27)11-14)15-5-3-4-6-17(15)26-21/h3-8,13,19,23,26,28-29H,9-12H2,1-2H3/t19-,23-,24+,25-/m1/s1. The summed E-state index contributed by atoms with van der Waals surface area (Å²) in [6.07, 6.45) is 1.90. The zero-order chi connectivity index (χ0) is 20.4. The van der Waals surface area contributed by atoms with Crippen molar-refractivity contribution in [3.8, 4) is 11.5 Å². The molecule has 1 spiro atoms. The molecule has 1 saturated heterocycles. The number of hydrogen-bond acceptors (Lipinski definition) is 4. The van der Waals surface area contributed by atoms with E-state index >= 15 is 0 Å². The molecule has 2 aliphatic carbocycles. The maximum atomic E-state index is 12.6. The Bertz CT molecular complexity index is 1230. The molecule has 0 unspecified atom stereocenters. The van der Waals surface area contributed by atoms with Crippen LogP contribution < -0.4 is 4.74 Å². The molecular formula is C25H26N2O3. The van der Waals surface area contributed by atoms with Gasteiger partial charge in [-0.05, 0) is 56.5 Å². The number of H-pyrrole nitrogens is 1. The number of ether oxygens (including phenoxy) is 1. The molecule has 3 heterocycles. The van der Waals surface area contributed by atoms with Crippen LogP contribution in [0.2, 0.25) is 0 Å². The summed E-state index contributed by atoms with van der Waals surface area (Å²) in [5, 5.41) is 24.5. The molecule has 2 aromatic carbocycles. The molecular weight excluding hydrogens is 376 g/mol. The maximum absolute atomic E-state index is 12.6. The summed E-state index contributed by atoms with van der Waals surface area (Å²) in [6, 6.07) is 12.5. The molecule has 5 heteroatoms. The second-order valence-corrected chi connectivity index (χ2v) is 9.88. The van der Waals surface area contributed by atoms with E-state index in [1.807, 2.05) is 12.1 Å². The first-order valence-electron chi connectivity index (χ1n) is 11.1. The van der Waals surface area contributed by atoms with Gasteiger partial charge in [0, 0.05) is 35.0 Å². The van der Waals surface area contributed by atoms with E-state index in [-0.39, 0.29) is 17.9 Å². The molecule has 4 atom stereocenters. The third-order valence-electron chi connectivity index (χ3n) is 8.47. The molecule has 2 bridgehead atoms. The fourth-order valence-electron chi connectivity index (χ4n) is 7.29. The molecule has 3 N–H and O–H groups in total. The van der Waals surface area contributed by atoms with Crippen LogP contribution in [-0.4, -0.2) is 44.3 Å². The number of aromatic hydroxyl groups is 1. The number of nitrogens with one attached hydrogen (secondary N) is 1. The molecule has 0 radical (unpaired) electrons. The third-order valence-corrected chi connectivity index (χ3v) is 8.47. The van der Waals surface area contributed by atoms with E-state index in [1.165, 1.54) is 16.5 Å². The molecule has 0 amide bonds. The van der Waals surface area contributed by atoms with E-state index in [0.29, 0.717) is 18.2 Å². The second kappa shape index (κ2) is 5.21. The predicted octanol–water partition coefficient (Wildman–Crippen LogP) is 3.57. The summed E-state index contributed by atoms with van der Waals surface area (Å²) < 4.78 is 6.57. The summed E-state index contributed by atoms with van der Waals surface area (Å²) >= 11 is 0. The summed E-state index contributed by atoms with van der Waals surface area (Å²) in [7, 11) is 0. The van der Waals surface area contributed by atoms with Gasteiger partial charge in [0.05, 0.1) is 16.7 Å². The normalized spacial score (nSPS) is 33.5. The number of aliphatic hydroxyl groups is 1. The highest BCUT2D eigenvalue weighted by Crippen LogP contribution is 2.69.